The summed E-state index contributed by atoms with van der Waals surface area (Å²) < 4.78 is 1.91. The molecule has 0 atom stereocenters. The molecular formula is C25H17Cl2N5OS. The van der Waals surface area contributed by atoms with Gasteiger partial charge in [0, 0.05) is 56.6 Å². The number of pyridine rings is 2. The van der Waals surface area contributed by atoms with E-state index in [1.54, 1.807) is 36.7 Å². The minimum Gasteiger partial charge on any atom is -0.321 e. The molecule has 34 heavy (non-hydrogen) atoms. The maximum Gasteiger partial charge on any atom is 0.263 e. The van der Waals surface area contributed by atoms with E-state index in [0.717, 1.165) is 16.5 Å². The van der Waals surface area contributed by atoms with Crippen LogP contribution in [0.5, 0.6) is 0 Å². The van der Waals surface area contributed by atoms with Crippen LogP contribution in [-0.2, 0) is 6.54 Å². The molecule has 0 bridgehead atoms. The van der Waals surface area contributed by atoms with Crippen molar-refractivity contribution in [2.45, 2.75) is 16.6 Å². The van der Waals surface area contributed by atoms with E-state index < -0.39 is 0 Å². The summed E-state index contributed by atoms with van der Waals surface area (Å²) in [6.45, 7) is 4.33. The number of aromatic amines is 1. The number of halogens is 2. The Labute approximate surface area is 209 Å². The van der Waals surface area contributed by atoms with Crippen LogP contribution in [0.25, 0.3) is 33.4 Å². The number of H-pyrrole nitrogens is 1. The average Bonchev–Trinajstić information content (AvgIpc) is 3.24. The van der Waals surface area contributed by atoms with Crippen LogP contribution in [0, 0.1) is 0 Å². The SMILES string of the molecule is C=CCn1c(Sc2c(-c3ccccc3Cl)c3cc(Cl)ccc3[nH]c2=O)nnc1-c1ccncc1. The predicted octanol–water partition coefficient (Wildman–Crippen LogP) is 6.49. The first-order chi connectivity index (χ1) is 16.6. The number of fused-ring (bicyclic) bond motifs is 1. The molecule has 0 aliphatic heterocycles. The number of nitrogens with zero attached hydrogens (tertiary/aromatic N) is 4. The number of rotatable bonds is 6. The quantitative estimate of drug-likeness (QED) is 0.266. The fraction of sp³-hybridized carbons (Fsp3) is 0.0400. The van der Waals surface area contributed by atoms with E-state index in [2.05, 4.69) is 26.7 Å². The average molecular weight is 506 g/mol. The number of hydrogen-bond donors (Lipinski definition) is 1. The van der Waals surface area contributed by atoms with Crippen molar-refractivity contribution in [3.8, 4) is 22.5 Å². The van der Waals surface area contributed by atoms with Crippen LogP contribution < -0.4 is 5.56 Å². The van der Waals surface area contributed by atoms with Crippen LogP contribution in [0.2, 0.25) is 10.0 Å². The Morgan fingerprint density at radius 2 is 1.85 bits per heavy atom. The first-order valence-corrected chi connectivity index (χ1v) is 11.9. The third-order valence-corrected chi connectivity index (χ3v) is 6.88. The van der Waals surface area contributed by atoms with Gasteiger partial charge in [0.2, 0.25) is 0 Å². The van der Waals surface area contributed by atoms with E-state index >= 15 is 0 Å². The lowest BCUT2D eigenvalue weighted by molar-refractivity contribution is 0.731. The van der Waals surface area contributed by atoms with Gasteiger partial charge in [-0.3, -0.25) is 14.3 Å². The van der Waals surface area contributed by atoms with E-state index in [0.29, 0.717) is 43.5 Å². The Hall–Kier alpha value is -3.39. The summed E-state index contributed by atoms with van der Waals surface area (Å²) in [6.07, 6.45) is 5.15. The van der Waals surface area contributed by atoms with Gasteiger partial charge < -0.3 is 4.98 Å². The molecule has 0 spiro atoms. The van der Waals surface area contributed by atoms with Gasteiger partial charge in [0.25, 0.3) is 5.56 Å². The van der Waals surface area contributed by atoms with Gasteiger partial charge in [-0.25, -0.2) is 0 Å². The minimum absolute atomic E-state index is 0.256. The van der Waals surface area contributed by atoms with Gasteiger partial charge in [0.05, 0.1) is 4.90 Å². The van der Waals surface area contributed by atoms with E-state index in [1.165, 1.54) is 11.8 Å². The summed E-state index contributed by atoms with van der Waals surface area (Å²) in [4.78, 5) is 20.8. The van der Waals surface area contributed by atoms with Crippen molar-refractivity contribution in [3.63, 3.8) is 0 Å². The monoisotopic (exact) mass is 505 g/mol. The zero-order chi connectivity index (χ0) is 23.7. The summed E-state index contributed by atoms with van der Waals surface area (Å²) in [5.74, 6) is 0.657. The minimum atomic E-state index is -0.256. The molecule has 0 saturated carbocycles. The standard InChI is InChI=1S/C25H17Cl2N5OS/c1-2-13-32-23(15-9-11-28-12-10-15)30-31-25(32)34-22-21(17-5-3-4-6-19(17)27)18-14-16(26)7-8-20(18)29-24(22)33/h2-12,14H,1,13H2,(H,29,33). The first-order valence-electron chi connectivity index (χ1n) is 10.3. The topological polar surface area (TPSA) is 76.5 Å². The van der Waals surface area contributed by atoms with Crippen LogP contribution in [0.3, 0.4) is 0 Å². The Kier molecular flexibility index (Phi) is 6.24. The number of nitrogens with one attached hydrogen (secondary N) is 1. The van der Waals surface area contributed by atoms with Gasteiger partial charge in [-0.05, 0) is 48.2 Å². The van der Waals surface area contributed by atoms with E-state index in [4.69, 9.17) is 23.2 Å². The third-order valence-electron chi connectivity index (χ3n) is 5.24. The highest BCUT2D eigenvalue weighted by atomic mass is 35.5. The van der Waals surface area contributed by atoms with Crippen molar-refractivity contribution in [1.29, 1.82) is 0 Å². The van der Waals surface area contributed by atoms with Gasteiger partial charge in [0.1, 0.15) is 0 Å². The first kappa shape index (κ1) is 22.4. The van der Waals surface area contributed by atoms with Crippen molar-refractivity contribution >= 4 is 45.9 Å². The zero-order valence-electron chi connectivity index (χ0n) is 17.7. The maximum absolute atomic E-state index is 13.3. The lowest BCUT2D eigenvalue weighted by atomic mass is 10.0. The molecule has 5 aromatic rings. The second-order valence-corrected chi connectivity index (χ2v) is 9.19. The lowest BCUT2D eigenvalue weighted by Crippen LogP contribution is -2.11. The molecule has 0 aliphatic rings. The number of benzene rings is 2. The molecule has 5 rings (SSSR count). The number of hydrogen-bond acceptors (Lipinski definition) is 5. The van der Waals surface area contributed by atoms with Crippen molar-refractivity contribution < 1.29 is 0 Å². The highest BCUT2D eigenvalue weighted by molar-refractivity contribution is 7.99. The summed E-state index contributed by atoms with van der Waals surface area (Å²) in [6, 6.07) is 16.5. The van der Waals surface area contributed by atoms with Crippen molar-refractivity contribution in [3.05, 3.63) is 100 Å². The second kappa shape index (κ2) is 9.46. The van der Waals surface area contributed by atoms with Gasteiger partial charge in [-0.15, -0.1) is 16.8 Å². The van der Waals surface area contributed by atoms with Crippen molar-refractivity contribution in [1.82, 2.24) is 24.7 Å². The Balaban J connectivity index is 1.75. The highest BCUT2D eigenvalue weighted by Crippen LogP contribution is 2.41. The lowest BCUT2D eigenvalue weighted by Gasteiger charge is -2.14. The molecule has 0 radical (unpaired) electrons. The Morgan fingerprint density at radius 3 is 2.62 bits per heavy atom. The molecular weight excluding hydrogens is 489 g/mol. The zero-order valence-corrected chi connectivity index (χ0v) is 20.0. The molecule has 2 aromatic carbocycles. The number of allylic oxidation sites excluding steroid dienone is 1. The van der Waals surface area contributed by atoms with Gasteiger partial charge in [-0.1, -0.05) is 47.5 Å². The molecule has 0 aliphatic carbocycles. The Bertz CT molecular complexity index is 1580. The smallest absolute Gasteiger partial charge is 0.263 e. The fourth-order valence-corrected chi connectivity index (χ4v) is 5.14. The molecule has 168 valence electrons. The number of aromatic nitrogens is 5. The molecule has 0 saturated heterocycles. The second-order valence-electron chi connectivity index (χ2n) is 7.37. The van der Waals surface area contributed by atoms with Crippen molar-refractivity contribution in [2.24, 2.45) is 0 Å². The van der Waals surface area contributed by atoms with Crippen LogP contribution in [0.4, 0.5) is 0 Å². The van der Waals surface area contributed by atoms with Crippen molar-refractivity contribution in [2.75, 3.05) is 0 Å². The molecule has 3 heterocycles. The molecule has 0 amide bonds. The largest absolute Gasteiger partial charge is 0.321 e. The molecule has 0 fully saturated rings. The normalized spacial score (nSPS) is 11.1. The summed E-state index contributed by atoms with van der Waals surface area (Å²) in [7, 11) is 0. The van der Waals surface area contributed by atoms with Crippen LogP contribution >= 0.6 is 35.0 Å². The molecule has 3 aromatic heterocycles. The fourth-order valence-electron chi connectivity index (χ4n) is 3.74. The van der Waals surface area contributed by atoms with Crippen LogP contribution in [-0.4, -0.2) is 24.7 Å². The predicted molar refractivity (Wildman–Crippen MR) is 138 cm³/mol. The molecule has 9 heteroatoms. The Morgan fingerprint density at radius 1 is 1.06 bits per heavy atom. The van der Waals surface area contributed by atoms with Gasteiger partial charge in [0.15, 0.2) is 11.0 Å². The third kappa shape index (κ3) is 4.14. The van der Waals surface area contributed by atoms with E-state index in [1.807, 2.05) is 41.0 Å². The highest BCUT2D eigenvalue weighted by Gasteiger charge is 2.22. The van der Waals surface area contributed by atoms with Crippen LogP contribution in [0.1, 0.15) is 0 Å². The summed E-state index contributed by atoms with van der Waals surface area (Å²) >= 11 is 14.1. The molecule has 0 unspecified atom stereocenters. The van der Waals surface area contributed by atoms with Crippen LogP contribution in [0.15, 0.2) is 94.5 Å². The molecule has 6 nitrogen and oxygen atoms in total. The van der Waals surface area contributed by atoms with E-state index in [9.17, 15) is 4.79 Å². The maximum atomic E-state index is 13.3. The summed E-state index contributed by atoms with van der Waals surface area (Å²) in [5.41, 5.74) is 2.69. The molecule has 1 N–H and O–H groups in total. The van der Waals surface area contributed by atoms with Gasteiger partial charge in [-0.2, -0.15) is 0 Å². The van der Waals surface area contributed by atoms with E-state index in [-0.39, 0.29) is 5.56 Å². The van der Waals surface area contributed by atoms with Gasteiger partial charge >= 0.3 is 0 Å². The summed E-state index contributed by atoms with van der Waals surface area (Å²) in [5, 5.41) is 11.2.